The van der Waals surface area contributed by atoms with E-state index < -0.39 is 33.4 Å². The van der Waals surface area contributed by atoms with Gasteiger partial charge in [-0.2, -0.15) is 8.42 Å². The second-order valence-corrected chi connectivity index (χ2v) is 9.51. The summed E-state index contributed by atoms with van der Waals surface area (Å²) in [7, 11) is -3.98. The van der Waals surface area contributed by atoms with E-state index >= 15 is 0 Å². The van der Waals surface area contributed by atoms with Crippen molar-refractivity contribution in [2.24, 2.45) is 5.41 Å². The predicted molar refractivity (Wildman–Crippen MR) is 128 cm³/mol. The van der Waals surface area contributed by atoms with Gasteiger partial charge >= 0.3 is 55.6 Å². The van der Waals surface area contributed by atoms with Crippen LogP contribution >= 0.6 is 0 Å². The Morgan fingerprint density at radius 2 is 1.33 bits per heavy atom. The monoisotopic (exact) mass is 518 g/mol. The van der Waals surface area contributed by atoms with Crippen LogP contribution in [0, 0.1) is 5.41 Å². The fourth-order valence-electron chi connectivity index (χ4n) is 2.63. The molecule has 0 aliphatic heterocycles. The van der Waals surface area contributed by atoms with Gasteiger partial charge in [0.25, 0.3) is 10.1 Å². The first-order chi connectivity index (χ1) is 14.8. The van der Waals surface area contributed by atoms with Crippen molar-refractivity contribution in [3.05, 3.63) is 24.3 Å². The molecule has 0 aromatic heterocycles. The minimum atomic E-state index is -3.98. The van der Waals surface area contributed by atoms with E-state index in [1.54, 1.807) is 0 Å². The van der Waals surface area contributed by atoms with Crippen LogP contribution in [0.3, 0.4) is 0 Å². The van der Waals surface area contributed by atoms with E-state index in [0.29, 0.717) is 32.1 Å². The summed E-state index contributed by atoms with van der Waals surface area (Å²) in [6.07, 6.45) is 3.58. The number of carbonyl (C=O) groups is 3. The molecule has 0 aromatic rings. The summed E-state index contributed by atoms with van der Waals surface area (Å²) in [5.74, 6) is -2.28. The second kappa shape index (κ2) is 17.5. The van der Waals surface area contributed by atoms with Crippen molar-refractivity contribution in [2.75, 3.05) is 25.6 Å². The fourth-order valence-corrected chi connectivity index (χ4v) is 3.20. The Labute approximate surface area is 227 Å². The van der Waals surface area contributed by atoms with Crippen LogP contribution in [0.15, 0.2) is 24.3 Å². The van der Waals surface area contributed by atoms with Crippen molar-refractivity contribution < 1.29 is 41.6 Å². The molecule has 188 valence electrons. The molecule has 0 amide bonds. The molecule has 0 bridgehead atoms. The molecule has 33 heavy (non-hydrogen) atoms. The van der Waals surface area contributed by atoms with Gasteiger partial charge < -0.3 is 14.2 Å². The van der Waals surface area contributed by atoms with Crippen molar-refractivity contribution in [3.63, 3.8) is 0 Å². The molecular formula is C22H38CaO9S. The van der Waals surface area contributed by atoms with Crippen LogP contribution in [0.4, 0.5) is 0 Å². The first-order valence-corrected chi connectivity index (χ1v) is 12.2. The van der Waals surface area contributed by atoms with Crippen LogP contribution in [0.1, 0.15) is 65.7 Å². The third kappa shape index (κ3) is 15.6. The molecule has 0 spiro atoms. The Balaban J connectivity index is 0. The summed E-state index contributed by atoms with van der Waals surface area (Å²) in [5, 5.41) is 0. The summed E-state index contributed by atoms with van der Waals surface area (Å²) in [5.41, 5.74) is -1.02. The molecule has 0 aliphatic rings. The van der Waals surface area contributed by atoms with Crippen molar-refractivity contribution in [3.8, 4) is 0 Å². The summed E-state index contributed by atoms with van der Waals surface area (Å²) < 4.78 is 46.0. The minimum absolute atomic E-state index is 0. The van der Waals surface area contributed by atoms with Crippen molar-refractivity contribution in [2.45, 2.75) is 65.7 Å². The summed E-state index contributed by atoms with van der Waals surface area (Å²) in [6, 6.07) is 0. The molecule has 0 unspecified atom stereocenters. The maximum absolute atomic E-state index is 13.0. The predicted octanol–water partition coefficient (Wildman–Crippen LogP) is 2.48. The second-order valence-electron chi connectivity index (χ2n) is 7.93. The standard InChI is InChI=1S/C22H36O9S.Ca.2H/c1-6-7-12-22(15-30-19(23)17(2)3,16-31-20(24)18(4)5)21(25)29-13-10-8-9-11-14-32(26,27)28;;;/h2,4,6-16H2,1,3,5H3,(H,26,27,28);;;. The Morgan fingerprint density at radius 1 is 0.848 bits per heavy atom. The van der Waals surface area contributed by atoms with Gasteiger partial charge in [0, 0.05) is 11.1 Å². The van der Waals surface area contributed by atoms with Crippen molar-refractivity contribution >= 4 is 65.8 Å². The van der Waals surface area contributed by atoms with E-state index in [2.05, 4.69) is 13.2 Å². The third-order valence-electron chi connectivity index (χ3n) is 4.63. The molecule has 9 nitrogen and oxygen atoms in total. The molecule has 0 aromatic carbocycles. The van der Waals surface area contributed by atoms with Crippen LogP contribution in [0.25, 0.3) is 0 Å². The summed E-state index contributed by atoms with van der Waals surface area (Å²) in [4.78, 5) is 36.8. The number of hydrogen-bond donors (Lipinski definition) is 1. The first kappa shape index (κ1) is 34.2. The van der Waals surface area contributed by atoms with Gasteiger partial charge in [0.15, 0.2) is 0 Å². The zero-order chi connectivity index (χ0) is 24.8. The van der Waals surface area contributed by atoms with E-state index in [9.17, 15) is 22.8 Å². The van der Waals surface area contributed by atoms with E-state index in [1.165, 1.54) is 13.8 Å². The zero-order valence-electron chi connectivity index (χ0n) is 19.3. The Bertz CT molecular complexity index is 745. The molecule has 0 saturated carbocycles. The Morgan fingerprint density at radius 3 is 1.76 bits per heavy atom. The average Bonchev–Trinajstić information content (AvgIpc) is 2.70. The number of unbranched alkanes of at least 4 members (excludes halogenated alkanes) is 4. The maximum atomic E-state index is 13.0. The molecule has 0 fully saturated rings. The average molecular weight is 519 g/mol. The van der Waals surface area contributed by atoms with Gasteiger partial charge in [0.05, 0.1) is 12.4 Å². The topological polar surface area (TPSA) is 133 Å². The number of hydrogen-bond acceptors (Lipinski definition) is 8. The van der Waals surface area contributed by atoms with Gasteiger partial charge in [-0.15, -0.1) is 0 Å². The summed E-state index contributed by atoms with van der Waals surface area (Å²) in [6.45, 7) is 11.4. The molecule has 0 saturated heterocycles. The van der Waals surface area contributed by atoms with Gasteiger partial charge in [0.1, 0.15) is 18.6 Å². The van der Waals surface area contributed by atoms with Crippen molar-refractivity contribution in [1.82, 2.24) is 0 Å². The van der Waals surface area contributed by atoms with Gasteiger partial charge in [0.2, 0.25) is 0 Å². The van der Waals surface area contributed by atoms with E-state index in [-0.39, 0.29) is 80.9 Å². The van der Waals surface area contributed by atoms with Crippen molar-refractivity contribution in [1.29, 1.82) is 0 Å². The fraction of sp³-hybridized carbons (Fsp3) is 0.682. The Kier molecular flexibility index (Phi) is 18.1. The van der Waals surface area contributed by atoms with Crippen LogP contribution in [0.5, 0.6) is 0 Å². The van der Waals surface area contributed by atoms with E-state index in [4.69, 9.17) is 18.8 Å². The van der Waals surface area contributed by atoms with Gasteiger partial charge in [-0.1, -0.05) is 45.8 Å². The molecular weight excluding hydrogens is 480 g/mol. The summed E-state index contributed by atoms with van der Waals surface area (Å²) >= 11 is 0. The first-order valence-electron chi connectivity index (χ1n) is 10.6. The molecule has 1 N–H and O–H groups in total. The molecule has 0 atom stereocenters. The molecule has 0 rings (SSSR count). The van der Waals surface area contributed by atoms with Gasteiger partial charge in [-0.25, -0.2) is 9.59 Å². The van der Waals surface area contributed by atoms with Crippen LogP contribution in [0.2, 0.25) is 0 Å². The van der Waals surface area contributed by atoms with Gasteiger partial charge in [-0.3, -0.25) is 9.35 Å². The molecule has 0 heterocycles. The molecule has 0 aliphatic carbocycles. The van der Waals surface area contributed by atoms with E-state index in [0.717, 1.165) is 6.42 Å². The molecule has 11 heteroatoms. The zero-order valence-corrected chi connectivity index (χ0v) is 20.1. The quantitative estimate of drug-likeness (QED) is 0.0769. The SMILES string of the molecule is C=C(C)C(=O)OCC(CCCC)(COC(=O)C(=C)C)C(=O)OCCCCCCS(=O)(=O)O.[CaH2]. The number of ether oxygens (including phenoxy) is 3. The van der Waals surface area contributed by atoms with Crippen LogP contribution in [-0.4, -0.2) is 94.2 Å². The number of esters is 3. The Hall–Kier alpha value is -0.940. The van der Waals surface area contributed by atoms with E-state index in [1.807, 2.05) is 6.92 Å². The normalized spacial score (nSPS) is 11.2. The molecule has 0 radical (unpaired) electrons. The van der Waals surface area contributed by atoms with Crippen LogP contribution in [-0.2, 0) is 38.7 Å². The number of carbonyl (C=O) groups excluding carboxylic acids is 3. The number of rotatable bonds is 17. The third-order valence-corrected chi connectivity index (χ3v) is 5.43. The van der Waals surface area contributed by atoms with Gasteiger partial charge in [-0.05, 0) is 33.1 Å². The van der Waals surface area contributed by atoms with Crippen LogP contribution < -0.4 is 0 Å².